The lowest BCUT2D eigenvalue weighted by Gasteiger charge is -2.15. The SMILES string of the molecule is C1#CCNCCC1.C1CCNC1.C=O.C=O.C=O.CC1CCCCC1.N. The van der Waals surface area contributed by atoms with Gasteiger partial charge < -0.3 is 31.2 Å². The van der Waals surface area contributed by atoms with Crippen molar-refractivity contribution in [2.75, 3.05) is 26.2 Å². The van der Waals surface area contributed by atoms with Crippen LogP contribution in [0.15, 0.2) is 0 Å². The van der Waals surface area contributed by atoms with Crippen LogP contribution in [0.5, 0.6) is 0 Å². The highest BCUT2D eigenvalue weighted by atomic mass is 16.1. The monoisotopic (exact) mass is 371 g/mol. The molecule has 0 spiro atoms. The molecule has 2 fully saturated rings. The minimum absolute atomic E-state index is 0. The van der Waals surface area contributed by atoms with Gasteiger partial charge in [-0.3, -0.25) is 0 Å². The van der Waals surface area contributed by atoms with E-state index in [1.54, 1.807) is 0 Å². The summed E-state index contributed by atoms with van der Waals surface area (Å²) in [5, 5.41) is 6.40. The molecule has 0 bridgehead atoms. The highest BCUT2D eigenvalue weighted by molar-refractivity contribution is 5.11. The molecular weight excluding hydrogens is 330 g/mol. The van der Waals surface area contributed by atoms with Gasteiger partial charge in [0.25, 0.3) is 0 Å². The molecule has 0 aromatic rings. The Morgan fingerprint density at radius 3 is 1.58 bits per heavy atom. The first-order chi connectivity index (χ1) is 12.4. The van der Waals surface area contributed by atoms with E-state index >= 15 is 0 Å². The van der Waals surface area contributed by atoms with Gasteiger partial charge in [0.15, 0.2) is 0 Å². The Morgan fingerprint density at radius 1 is 0.692 bits per heavy atom. The number of rotatable bonds is 0. The first kappa shape index (κ1) is 32.1. The maximum absolute atomic E-state index is 8.00. The van der Waals surface area contributed by atoms with E-state index in [1.807, 2.05) is 20.4 Å². The van der Waals surface area contributed by atoms with Crippen LogP contribution in [0.1, 0.15) is 64.7 Å². The Bertz CT molecular complexity index is 274. The first-order valence-electron chi connectivity index (χ1n) is 9.13. The molecule has 154 valence electrons. The summed E-state index contributed by atoms with van der Waals surface area (Å²) >= 11 is 0. The van der Waals surface area contributed by atoms with Crippen LogP contribution in [0, 0.1) is 17.8 Å². The van der Waals surface area contributed by atoms with Gasteiger partial charge >= 0.3 is 0 Å². The van der Waals surface area contributed by atoms with E-state index in [-0.39, 0.29) is 6.15 Å². The van der Waals surface area contributed by atoms with Crippen LogP contribution in [-0.2, 0) is 14.4 Å². The molecule has 1 saturated heterocycles. The van der Waals surface area contributed by atoms with Crippen LogP contribution in [0.3, 0.4) is 0 Å². The summed E-state index contributed by atoms with van der Waals surface area (Å²) in [6.45, 7) is 12.9. The van der Waals surface area contributed by atoms with Crippen molar-refractivity contribution in [3.63, 3.8) is 0 Å². The van der Waals surface area contributed by atoms with Crippen molar-refractivity contribution in [3.8, 4) is 11.8 Å². The second-order valence-electron chi connectivity index (χ2n) is 5.83. The Morgan fingerprint density at radius 2 is 1.19 bits per heavy atom. The summed E-state index contributed by atoms with van der Waals surface area (Å²) in [7, 11) is 0. The predicted octanol–water partition coefficient (Wildman–Crippen LogP) is 2.94. The summed E-state index contributed by atoms with van der Waals surface area (Å²) in [5.41, 5.74) is 0. The number of nitrogens with one attached hydrogen (secondary N) is 2. The topological polar surface area (TPSA) is 110 Å². The highest BCUT2D eigenvalue weighted by Crippen LogP contribution is 2.22. The average molecular weight is 372 g/mol. The largest absolute Gasteiger partial charge is 0.344 e. The molecule has 2 aliphatic heterocycles. The molecular formula is C20H41N3O3. The molecule has 0 atom stereocenters. The van der Waals surface area contributed by atoms with Gasteiger partial charge in [-0.2, -0.15) is 0 Å². The molecule has 2 heterocycles. The van der Waals surface area contributed by atoms with Crippen LogP contribution < -0.4 is 16.8 Å². The smallest absolute Gasteiger partial charge is 0.106 e. The first-order valence-corrected chi connectivity index (χ1v) is 9.13. The lowest BCUT2D eigenvalue weighted by atomic mass is 9.91. The standard InChI is InChI=1S/C7H14.C6H9N.C4H9N.3CH2O.H3N/c1-7-5-3-2-4-6-7;1-2-4-6-7-5-3-1;1-2-4-5-3-1;3*1-2;/h7H,2-6H2,1H3;7H,1,3,5-6H2;5H,1-4H2;3*1H2;1H3. The third-order valence-corrected chi connectivity index (χ3v) is 3.84. The second-order valence-corrected chi connectivity index (χ2v) is 5.83. The molecule has 0 aromatic carbocycles. The third kappa shape index (κ3) is 30.3. The second kappa shape index (κ2) is 34.7. The molecule has 3 aliphatic rings. The normalized spacial score (nSPS) is 17.1. The molecule has 5 N–H and O–H groups in total. The molecule has 0 radical (unpaired) electrons. The fraction of sp³-hybridized carbons (Fsp3) is 0.750. The van der Waals surface area contributed by atoms with E-state index in [0.29, 0.717) is 0 Å². The predicted molar refractivity (Wildman–Crippen MR) is 111 cm³/mol. The highest BCUT2D eigenvalue weighted by Gasteiger charge is 2.05. The minimum atomic E-state index is 0. The van der Waals surface area contributed by atoms with Crippen molar-refractivity contribution in [1.82, 2.24) is 16.8 Å². The lowest BCUT2D eigenvalue weighted by Crippen LogP contribution is -2.12. The van der Waals surface area contributed by atoms with E-state index in [1.165, 1.54) is 64.5 Å². The Labute approximate surface area is 160 Å². The fourth-order valence-electron chi connectivity index (χ4n) is 2.54. The number of hydrogen-bond acceptors (Lipinski definition) is 6. The van der Waals surface area contributed by atoms with E-state index in [4.69, 9.17) is 14.4 Å². The van der Waals surface area contributed by atoms with Crippen LogP contribution in [0.25, 0.3) is 0 Å². The quantitative estimate of drug-likeness (QED) is 0.565. The van der Waals surface area contributed by atoms with Crippen LogP contribution in [0.2, 0.25) is 0 Å². The summed E-state index contributed by atoms with van der Waals surface area (Å²) < 4.78 is 0. The summed E-state index contributed by atoms with van der Waals surface area (Å²) in [6, 6.07) is 0. The number of hydrogen-bond donors (Lipinski definition) is 3. The minimum Gasteiger partial charge on any atom is -0.344 e. The zero-order valence-electron chi connectivity index (χ0n) is 16.8. The molecule has 0 unspecified atom stereocenters. The zero-order chi connectivity index (χ0) is 19.6. The van der Waals surface area contributed by atoms with Gasteiger partial charge in [-0.05, 0) is 44.8 Å². The molecule has 6 heteroatoms. The Balaban J connectivity index is -0.000000121. The van der Waals surface area contributed by atoms with E-state index in [9.17, 15) is 0 Å². The molecule has 1 aliphatic carbocycles. The summed E-state index contributed by atoms with van der Waals surface area (Å²) in [6.07, 6.45) is 12.5. The number of carbonyl (C=O) groups is 3. The van der Waals surface area contributed by atoms with Crippen LogP contribution in [-0.4, -0.2) is 46.5 Å². The van der Waals surface area contributed by atoms with Gasteiger partial charge in [-0.25, -0.2) is 0 Å². The molecule has 0 aromatic heterocycles. The molecule has 1 saturated carbocycles. The molecule has 3 rings (SSSR count). The molecule has 0 amide bonds. The molecule has 6 nitrogen and oxygen atoms in total. The van der Waals surface area contributed by atoms with Gasteiger partial charge in [-0.1, -0.05) is 44.9 Å². The van der Waals surface area contributed by atoms with Crippen LogP contribution >= 0.6 is 0 Å². The zero-order valence-corrected chi connectivity index (χ0v) is 16.8. The van der Waals surface area contributed by atoms with Crippen molar-refractivity contribution >= 4 is 20.4 Å². The van der Waals surface area contributed by atoms with Crippen molar-refractivity contribution in [1.29, 1.82) is 0 Å². The maximum Gasteiger partial charge on any atom is 0.106 e. The van der Waals surface area contributed by atoms with Crippen molar-refractivity contribution in [3.05, 3.63) is 0 Å². The van der Waals surface area contributed by atoms with E-state index in [2.05, 4.69) is 29.4 Å². The number of carbonyl (C=O) groups excluding carboxylic acids is 3. The Kier molecular flexibility index (Phi) is 42.9. The van der Waals surface area contributed by atoms with Gasteiger partial charge in [-0.15, -0.1) is 5.92 Å². The van der Waals surface area contributed by atoms with E-state index in [0.717, 1.165) is 25.4 Å². The maximum atomic E-state index is 8.00. The van der Waals surface area contributed by atoms with Crippen molar-refractivity contribution in [2.24, 2.45) is 5.92 Å². The van der Waals surface area contributed by atoms with Gasteiger partial charge in [0, 0.05) is 6.42 Å². The van der Waals surface area contributed by atoms with Crippen LogP contribution in [0.4, 0.5) is 0 Å². The van der Waals surface area contributed by atoms with Gasteiger partial charge in [0.2, 0.25) is 0 Å². The Hall–Kier alpha value is -1.55. The summed E-state index contributed by atoms with van der Waals surface area (Å²) in [5.74, 6) is 7.06. The van der Waals surface area contributed by atoms with E-state index < -0.39 is 0 Å². The van der Waals surface area contributed by atoms with Crippen molar-refractivity contribution in [2.45, 2.75) is 64.7 Å². The third-order valence-electron chi connectivity index (χ3n) is 3.84. The van der Waals surface area contributed by atoms with Gasteiger partial charge in [0.1, 0.15) is 20.4 Å². The fourth-order valence-corrected chi connectivity index (χ4v) is 2.54. The average Bonchev–Trinajstić information content (AvgIpc) is 3.16. The van der Waals surface area contributed by atoms with Gasteiger partial charge in [0.05, 0.1) is 6.54 Å². The summed E-state index contributed by atoms with van der Waals surface area (Å²) in [4.78, 5) is 24.0. The molecule has 26 heavy (non-hydrogen) atoms. The van der Waals surface area contributed by atoms with Crippen molar-refractivity contribution < 1.29 is 14.4 Å². The lowest BCUT2D eigenvalue weighted by molar-refractivity contribution is -0.0987.